The number of halogens is 1. The second kappa shape index (κ2) is 45.3. The number of nitrogens with zero attached hydrogens (tertiary/aromatic N) is 22. The van der Waals surface area contributed by atoms with E-state index in [0.717, 1.165) is 25.7 Å². The Labute approximate surface area is 767 Å². The van der Waals surface area contributed by atoms with Gasteiger partial charge in [-0.15, -0.1) is 0 Å². The first-order valence-electron chi connectivity index (χ1n) is 43.0. The van der Waals surface area contributed by atoms with E-state index in [0.29, 0.717) is 255 Å². The number of rotatable bonds is 35. The summed E-state index contributed by atoms with van der Waals surface area (Å²) in [6, 6.07) is 0.619. The number of methoxy groups -OCH3 is 6. The van der Waals surface area contributed by atoms with Crippen LogP contribution in [0, 0.1) is 0 Å². The number of carbonyl (C=O) groups excluding carboxylic acids is 10. The highest BCUT2D eigenvalue weighted by Gasteiger charge is 2.33. The van der Waals surface area contributed by atoms with Crippen molar-refractivity contribution in [2.24, 2.45) is 0 Å². The lowest BCUT2D eigenvalue weighted by Crippen LogP contribution is -2.29. The van der Waals surface area contributed by atoms with E-state index in [-0.39, 0.29) is 91.9 Å². The monoisotopic (exact) mass is 1870 g/mol. The molecular weight excluding hydrogens is 1770 g/mol. The van der Waals surface area contributed by atoms with Crippen molar-refractivity contribution in [2.45, 2.75) is 82.5 Å². The minimum atomic E-state index is -0.913. The predicted octanol–water partition coefficient (Wildman–Crippen LogP) is -0.0998. The van der Waals surface area contributed by atoms with Gasteiger partial charge in [-0.2, -0.15) is 97.9 Å². The summed E-state index contributed by atoms with van der Waals surface area (Å²) in [6.07, 6.45) is 19.8. The third kappa shape index (κ3) is 24.8. The molecule has 714 valence electrons. The Hall–Kier alpha value is -15.2. The third-order valence-corrected chi connectivity index (χ3v) is 20.9. The van der Waals surface area contributed by atoms with E-state index in [1.807, 2.05) is 14.1 Å². The first-order valence-corrected chi connectivity index (χ1v) is 43.0. The van der Waals surface area contributed by atoms with Crippen molar-refractivity contribution in [1.29, 1.82) is 0 Å². The van der Waals surface area contributed by atoms with E-state index < -0.39 is 18.0 Å². The zero-order chi connectivity index (χ0) is 95.2. The molecule has 1 unspecified atom stereocenters. The van der Waals surface area contributed by atoms with Crippen LogP contribution in [0.25, 0.3) is 58.6 Å². The second-order valence-corrected chi connectivity index (χ2v) is 31.3. The molecule has 13 N–H and O–H groups in total. The molecule has 1 atom stereocenters. The molecular formula is C82H102FN35O17. The zero-order valence-corrected chi connectivity index (χ0v) is 75.0. The summed E-state index contributed by atoms with van der Waals surface area (Å²) in [5.74, 6) is 1.20. The minimum Gasteiger partial charge on any atom is -0.383 e. The van der Waals surface area contributed by atoms with Gasteiger partial charge in [-0.05, 0) is 62.5 Å². The number of fused-ring (bicyclic) bond motifs is 5. The number of imide groups is 5. The van der Waals surface area contributed by atoms with Gasteiger partial charge < -0.3 is 85.5 Å². The molecule has 0 radical (unpaired) electrons. The molecule has 8 fully saturated rings. The summed E-state index contributed by atoms with van der Waals surface area (Å²) in [5, 5.41) is 58.4. The second-order valence-electron chi connectivity index (χ2n) is 31.3. The number of carbonyl (C=O) groups is 10. The number of hydrogen-bond acceptors (Lipinski definition) is 42. The maximum Gasteiger partial charge on any atom is 0.254 e. The van der Waals surface area contributed by atoms with Gasteiger partial charge in [0.15, 0.2) is 28.2 Å². The van der Waals surface area contributed by atoms with Gasteiger partial charge >= 0.3 is 0 Å². The normalized spacial score (nSPS) is 18.1. The smallest absolute Gasteiger partial charge is 0.254 e. The summed E-state index contributed by atoms with van der Waals surface area (Å²) in [6.45, 7) is 8.42. The number of aromatic nitrogens is 20. The van der Waals surface area contributed by atoms with Crippen molar-refractivity contribution in [3.05, 3.63) is 86.7 Å². The molecule has 10 aromatic rings. The maximum absolute atomic E-state index is 13.7. The van der Waals surface area contributed by atoms with Crippen molar-refractivity contribution in [2.75, 3.05) is 214 Å². The van der Waals surface area contributed by atoms with E-state index in [9.17, 15) is 52.3 Å². The van der Waals surface area contributed by atoms with Crippen molar-refractivity contribution >= 4 is 177 Å². The lowest BCUT2D eigenvalue weighted by Gasteiger charge is -2.23. The number of nitrogens with one attached hydrogen (secondary N) is 13. The molecule has 53 heteroatoms. The van der Waals surface area contributed by atoms with Crippen LogP contribution in [0.1, 0.15) is 92.0 Å². The molecule has 52 nitrogen and oxygen atoms in total. The molecule has 10 aromatic heterocycles. The minimum absolute atomic E-state index is 0.0166. The van der Waals surface area contributed by atoms with Crippen molar-refractivity contribution < 1.29 is 85.5 Å². The topological polar surface area (TPSA) is 614 Å². The number of hydrogen-bond donors (Lipinski definition) is 13. The van der Waals surface area contributed by atoms with Crippen LogP contribution in [0.5, 0.6) is 0 Å². The first kappa shape index (κ1) is 95.9. The van der Waals surface area contributed by atoms with Gasteiger partial charge in [0.1, 0.15) is 6.17 Å². The van der Waals surface area contributed by atoms with Crippen LogP contribution in [0.4, 0.5) is 63.9 Å². The van der Waals surface area contributed by atoms with Crippen LogP contribution in [-0.4, -0.2) is 337 Å². The molecule has 0 bridgehead atoms. The average Bonchev–Trinajstić information content (AvgIpc) is 1.66. The van der Waals surface area contributed by atoms with E-state index >= 15 is 0 Å². The van der Waals surface area contributed by atoms with Gasteiger partial charge in [-0.25, -0.2) is 4.39 Å². The van der Waals surface area contributed by atoms with Gasteiger partial charge in [0.05, 0.1) is 109 Å². The Balaban J connectivity index is 0.000000135. The number of alkyl halides is 1. The number of ether oxygens (including phenoxy) is 7. The van der Waals surface area contributed by atoms with Crippen LogP contribution in [0.2, 0.25) is 0 Å². The summed E-state index contributed by atoms with van der Waals surface area (Å²) in [5.41, 5.74) is 7.61. The van der Waals surface area contributed by atoms with E-state index in [4.69, 9.17) is 33.2 Å². The molecule has 1 saturated carbocycles. The van der Waals surface area contributed by atoms with E-state index in [1.165, 1.54) is 9.03 Å². The molecule has 8 aliphatic rings. The fourth-order valence-corrected chi connectivity index (χ4v) is 14.0. The van der Waals surface area contributed by atoms with Crippen molar-refractivity contribution in [1.82, 2.24) is 124 Å². The highest BCUT2D eigenvalue weighted by molar-refractivity contribution is 6.19. The molecule has 1 aliphatic carbocycles. The quantitative estimate of drug-likeness (QED) is 0.0140. The van der Waals surface area contributed by atoms with E-state index in [1.54, 1.807) is 127 Å². The summed E-state index contributed by atoms with van der Waals surface area (Å²) < 4.78 is 57.1. The fourth-order valence-electron chi connectivity index (χ4n) is 14.0. The highest BCUT2D eigenvalue weighted by Crippen LogP contribution is 2.31. The molecule has 0 spiro atoms. The van der Waals surface area contributed by atoms with Crippen LogP contribution in [0.15, 0.2) is 58.8 Å². The average molecular weight is 1870 g/mol. The molecule has 0 aromatic carbocycles. The summed E-state index contributed by atoms with van der Waals surface area (Å²) >= 11 is 0. The maximum atomic E-state index is 13.7. The third-order valence-electron chi connectivity index (χ3n) is 20.9. The largest absolute Gasteiger partial charge is 0.383 e. The van der Waals surface area contributed by atoms with E-state index in [2.05, 4.69) is 144 Å². The van der Waals surface area contributed by atoms with Gasteiger partial charge in [-0.1, -0.05) is 0 Å². The molecule has 18 rings (SSSR count). The molecule has 135 heavy (non-hydrogen) atoms. The summed E-state index contributed by atoms with van der Waals surface area (Å²) in [7, 11) is 13.4. The molecule has 17 heterocycles. The summed E-state index contributed by atoms with van der Waals surface area (Å²) in [4.78, 5) is 165. The molecule has 7 aliphatic heterocycles. The SMILES string of the molecule is COCCNc1nc(N(C)C)nc2c(/C=C3\CC(=O)NC3=O)cnn12.COCCNc1nc(N2CCC(F)C2)nc2c(/C=C3\CC(=O)NC3=O)cnn12.COCCNc1nc(NC2CC2)nc2c(/C=C3\CC(=O)NC3=O)cnn12.COCCNc1nc(NC2CCOCC2)nc2c(/C=C3\CC(=O)NC3=O)cnn12.COCCNc1nc(NCCOC)n2ncc(/C=C3\CC(=O)NC3=O)c2n1. The van der Waals surface area contributed by atoms with Crippen molar-refractivity contribution in [3.63, 3.8) is 0 Å². The lowest BCUT2D eigenvalue weighted by atomic mass is 10.1. The number of amides is 10. The zero-order valence-electron chi connectivity index (χ0n) is 75.0. The van der Waals surface area contributed by atoms with Crippen LogP contribution in [-0.2, 0) is 81.1 Å². The Kier molecular flexibility index (Phi) is 32.2. The van der Waals surface area contributed by atoms with Crippen molar-refractivity contribution in [3.8, 4) is 0 Å². The molecule has 10 amide bonds. The van der Waals surface area contributed by atoms with Crippen LogP contribution < -0.4 is 78.9 Å². The highest BCUT2D eigenvalue weighted by atomic mass is 19.1. The van der Waals surface area contributed by atoms with Crippen LogP contribution >= 0.6 is 0 Å². The van der Waals surface area contributed by atoms with Crippen LogP contribution in [0.3, 0.4) is 0 Å². The Morgan fingerprint density at radius 3 is 0.956 bits per heavy atom. The first-order chi connectivity index (χ1) is 65.4. The molecule has 7 saturated heterocycles. The Morgan fingerprint density at radius 1 is 0.370 bits per heavy atom. The van der Waals surface area contributed by atoms with Gasteiger partial charge in [-0.3, -0.25) is 74.5 Å². The number of anilines is 10. The predicted molar refractivity (Wildman–Crippen MR) is 485 cm³/mol. The standard InChI is InChI=1S/C18H23N7O4.C17H20FN7O3.C16H21N7O4.C16H19N7O3.C15H19N7O3/c1-28-7-4-19-18-24-17(21-13-2-5-29-6-3-13)23-15-12(10-20-25(15)18)8-11-9-14(26)22-16(11)27;1-28-5-3-19-16-23-17(24-4-2-12(18)9-24)22-14-11(8-20-25(14)16)6-10-7-13(26)21-15(10)27;1-26-5-3-17-15-21-13-11(7-10-8-12(24)20-14(10)25)9-19-23(13)16(22-15)18-4-6-27-2;1-26-5-4-17-16-22-15(19-11-2-3-11)21-13-10(8-18-23(13)16)6-9-7-12(24)20-14(9)25;1-21(2)15-19-12-10(6-9-7-11(23)18-13(9)24)8-17-22(12)14(20-15)16-4-5-25-3/h8,10,13H,2-7,9H2,1H3,(H,22,26,27)(H2,19,21,23,24);6,8,12H,2-5,7,9H2,1H3,(H,19,22,23)(H,21,26,27);7,9H,3-6,8H2,1-2H3,(H,20,24,25)(H2,17,18,21,22);6,8,11H,2-5,7H2,1H3,(H,20,24,25)(H2,17,19,21,22);6,8H,4-5,7H2,1-3H3,(H,16,19,20)(H,18,23,24)/b11-8+;10-6+;10-7+;2*9-6+. The lowest BCUT2D eigenvalue weighted by molar-refractivity contribution is -0.125. The Bertz CT molecular complexity index is 6270. The fraction of sp³-hybridized carbons (Fsp3) is 0.451. The van der Waals surface area contributed by atoms with Gasteiger partial charge in [0, 0.05) is 184 Å². The van der Waals surface area contributed by atoms with Gasteiger partial charge in [0.2, 0.25) is 89.0 Å². The van der Waals surface area contributed by atoms with Gasteiger partial charge in [0.25, 0.3) is 29.5 Å². The Morgan fingerprint density at radius 2 is 0.659 bits per heavy atom.